The normalized spacial score (nSPS) is 13.6. The molecule has 1 rings (SSSR count). The van der Waals surface area contributed by atoms with Crippen LogP contribution >= 0.6 is 0 Å². The van der Waals surface area contributed by atoms with E-state index in [0.717, 1.165) is 12.2 Å². The van der Waals surface area contributed by atoms with Crippen LogP contribution < -0.4 is 10.5 Å². The molecule has 0 spiro atoms. The second-order valence-electron chi connectivity index (χ2n) is 4.99. The van der Waals surface area contributed by atoms with Crippen LogP contribution in [-0.4, -0.2) is 12.6 Å². The van der Waals surface area contributed by atoms with Crippen LogP contribution in [0.4, 0.5) is 0 Å². The predicted octanol–water partition coefficient (Wildman–Crippen LogP) is 3.10. The van der Waals surface area contributed by atoms with Crippen LogP contribution in [0.25, 0.3) is 0 Å². The van der Waals surface area contributed by atoms with Crippen molar-refractivity contribution in [2.24, 2.45) is 5.73 Å². The quantitative estimate of drug-likeness (QED) is 0.829. The van der Waals surface area contributed by atoms with Crippen LogP contribution in [0.2, 0.25) is 0 Å². The summed E-state index contributed by atoms with van der Waals surface area (Å²) in [5.41, 5.74) is 7.20. The maximum atomic E-state index is 5.90. The van der Waals surface area contributed by atoms with E-state index >= 15 is 0 Å². The van der Waals surface area contributed by atoms with E-state index in [0.29, 0.717) is 6.61 Å². The van der Waals surface area contributed by atoms with Crippen molar-refractivity contribution < 1.29 is 4.74 Å². The molecule has 1 unspecified atom stereocenters. The van der Waals surface area contributed by atoms with Crippen molar-refractivity contribution in [3.8, 4) is 5.75 Å². The van der Waals surface area contributed by atoms with Gasteiger partial charge in [-0.25, -0.2) is 0 Å². The van der Waals surface area contributed by atoms with Crippen molar-refractivity contribution >= 4 is 0 Å². The van der Waals surface area contributed by atoms with E-state index in [-0.39, 0.29) is 11.5 Å². The third-order valence-corrected chi connectivity index (χ3v) is 2.75. The summed E-state index contributed by atoms with van der Waals surface area (Å²) in [5, 5.41) is 0. The van der Waals surface area contributed by atoms with Gasteiger partial charge in [-0.15, -0.1) is 0 Å². The Labute approximate surface area is 98.8 Å². The fourth-order valence-corrected chi connectivity index (χ4v) is 2.22. The maximum absolute atomic E-state index is 5.90. The summed E-state index contributed by atoms with van der Waals surface area (Å²) in [7, 11) is 0. The number of para-hydroxylation sites is 1. The number of benzene rings is 1. The zero-order chi connectivity index (χ0) is 12.2. The van der Waals surface area contributed by atoms with Gasteiger partial charge in [0.15, 0.2) is 0 Å². The minimum absolute atomic E-state index is 0.0555. The number of rotatable bonds is 5. The van der Waals surface area contributed by atoms with E-state index in [4.69, 9.17) is 10.5 Å². The van der Waals surface area contributed by atoms with Gasteiger partial charge in [-0.2, -0.15) is 0 Å². The Kier molecular flexibility index (Phi) is 4.36. The molecule has 0 radical (unpaired) electrons. The average Bonchev–Trinajstić information content (AvgIpc) is 2.17. The molecule has 1 aromatic carbocycles. The molecule has 0 fully saturated rings. The van der Waals surface area contributed by atoms with Crippen molar-refractivity contribution in [3.63, 3.8) is 0 Å². The first-order valence-electron chi connectivity index (χ1n) is 5.95. The number of hydrogen-bond donors (Lipinski definition) is 1. The Morgan fingerprint density at radius 1 is 1.31 bits per heavy atom. The lowest BCUT2D eigenvalue weighted by Crippen LogP contribution is -2.28. The van der Waals surface area contributed by atoms with E-state index in [1.54, 1.807) is 0 Å². The predicted molar refractivity (Wildman–Crippen MR) is 68.9 cm³/mol. The smallest absolute Gasteiger partial charge is 0.123 e. The molecule has 0 aliphatic heterocycles. The highest BCUT2D eigenvalue weighted by molar-refractivity contribution is 5.38. The first kappa shape index (κ1) is 13.0. The molecule has 2 N–H and O–H groups in total. The van der Waals surface area contributed by atoms with Gasteiger partial charge in [-0.3, -0.25) is 0 Å². The van der Waals surface area contributed by atoms with Crippen molar-refractivity contribution in [1.29, 1.82) is 0 Å². The Morgan fingerprint density at radius 3 is 2.50 bits per heavy atom. The van der Waals surface area contributed by atoms with E-state index in [1.807, 2.05) is 26.0 Å². The molecule has 2 nitrogen and oxygen atoms in total. The van der Waals surface area contributed by atoms with Gasteiger partial charge < -0.3 is 10.5 Å². The first-order chi connectivity index (χ1) is 7.47. The fourth-order valence-electron chi connectivity index (χ4n) is 2.22. The van der Waals surface area contributed by atoms with Gasteiger partial charge in [-0.05, 0) is 37.3 Å². The van der Waals surface area contributed by atoms with Gasteiger partial charge in [0, 0.05) is 6.04 Å². The van der Waals surface area contributed by atoms with Crippen molar-refractivity contribution in [2.75, 3.05) is 6.61 Å². The van der Waals surface area contributed by atoms with Gasteiger partial charge in [0.2, 0.25) is 0 Å². The molecule has 16 heavy (non-hydrogen) atoms. The summed E-state index contributed by atoms with van der Waals surface area (Å²) in [6.45, 7) is 9.19. The highest BCUT2D eigenvalue weighted by atomic mass is 16.5. The number of ether oxygens (including phenoxy) is 1. The van der Waals surface area contributed by atoms with E-state index in [1.165, 1.54) is 5.56 Å². The third kappa shape index (κ3) is 3.24. The van der Waals surface area contributed by atoms with Crippen molar-refractivity contribution in [1.82, 2.24) is 0 Å². The van der Waals surface area contributed by atoms with E-state index in [9.17, 15) is 0 Å². The lowest BCUT2D eigenvalue weighted by molar-refractivity contribution is 0.322. The number of hydrogen-bond acceptors (Lipinski definition) is 2. The zero-order valence-corrected chi connectivity index (χ0v) is 10.8. The van der Waals surface area contributed by atoms with Crippen molar-refractivity contribution in [3.05, 3.63) is 29.8 Å². The average molecular weight is 221 g/mol. The van der Waals surface area contributed by atoms with E-state index in [2.05, 4.69) is 26.0 Å². The van der Waals surface area contributed by atoms with Crippen molar-refractivity contribution in [2.45, 2.75) is 45.6 Å². The Bertz CT molecular complexity index is 331. The summed E-state index contributed by atoms with van der Waals surface area (Å²) in [6.07, 6.45) is 0.955. The molecule has 2 heteroatoms. The van der Waals surface area contributed by atoms with Crippen LogP contribution in [0.3, 0.4) is 0 Å². The molecule has 90 valence electrons. The molecule has 0 amide bonds. The summed E-state index contributed by atoms with van der Waals surface area (Å²) in [4.78, 5) is 0. The molecule has 0 bridgehead atoms. The minimum atomic E-state index is 0.0555. The SMILES string of the molecule is CCOc1ccccc1C(C)(C)CC(C)N. The van der Waals surface area contributed by atoms with Gasteiger partial charge >= 0.3 is 0 Å². The Hall–Kier alpha value is -1.02. The largest absolute Gasteiger partial charge is 0.494 e. The minimum Gasteiger partial charge on any atom is -0.494 e. The molecule has 0 saturated carbocycles. The topological polar surface area (TPSA) is 35.2 Å². The summed E-state index contributed by atoms with van der Waals surface area (Å²) in [5.74, 6) is 0.982. The molecule has 0 heterocycles. The first-order valence-corrected chi connectivity index (χ1v) is 5.95. The monoisotopic (exact) mass is 221 g/mol. The molecule has 0 saturated heterocycles. The van der Waals surface area contributed by atoms with Crippen LogP contribution in [0, 0.1) is 0 Å². The van der Waals surface area contributed by atoms with Crippen LogP contribution in [-0.2, 0) is 5.41 Å². The molecule has 0 aromatic heterocycles. The zero-order valence-electron chi connectivity index (χ0n) is 10.8. The molecular weight excluding hydrogens is 198 g/mol. The maximum Gasteiger partial charge on any atom is 0.123 e. The highest BCUT2D eigenvalue weighted by Gasteiger charge is 2.25. The molecule has 1 aromatic rings. The summed E-state index contributed by atoms with van der Waals surface area (Å²) < 4.78 is 5.66. The third-order valence-electron chi connectivity index (χ3n) is 2.75. The van der Waals surface area contributed by atoms with Crippen LogP contribution in [0.5, 0.6) is 5.75 Å². The van der Waals surface area contributed by atoms with Crippen LogP contribution in [0.1, 0.15) is 39.7 Å². The lowest BCUT2D eigenvalue weighted by Gasteiger charge is -2.29. The second-order valence-corrected chi connectivity index (χ2v) is 4.99. The fraction of sp³-hybridized carbons (Fsp3) is 0.571. The molecule has 1 atom stereocenters. The Balaban J connectivity index is 3.00. The molecule has 0 aliphatic carbocycles. The molecule has 0 aliphatic rings. The highest BCUT2D eigenvalue weighted by Crippen LogP contribution is 2.34. The van der Waals surface area contributed by atoms with E-state index < -0.39 is 0 Å². The Morgan fingerprint density at radius 2 is 1.94 bits per heavy atom. The van der Waals surface area contributed by atoms with Gasteiger partial charge in [-0.1, -0.05) is 32.0 Å². The van der Waals surface area contributed by atoms with Gasteiger partial charge in [0.1, 0.15) is 5.75 Å². The lowest BCUT2D eigenvalue weighted by atomic mass is 9.79. The second kappa shape index (κ2) is 5.35. The number of nitrogens with two attached hydrogens (primary N) is 1. The standard InChI is InChI=1S/C14H23NO/c1-5-16-13-9-7-6-8-12(13)14(3,4)10-11(2)15/h6-9,11H,5,10,15H2,1-4H3. The van der Waals surface area contributed by atoms with Crippen LogP contribution in [0.15, 0.2) is 24.3 Å². The summed E-state index contributed by atoms with van der Waals surface area (Å²) in [6, 6.07) is 8.43. The van der Waals surface area contributed by atoms with Gasteiger partial charge in [0.25, 0.3) is 0 Å². The summed E-state index contributed by atoms with van der Waals surface area (Å²) >= 11 is 0. The van der Waals surface area contributed by atoms with Gasteiger partial charge in [0.05, 0.1) is 6.61 Å². The molecular formula is C14H23NO.